The van der Waals surface area contributed by atoms with Crippen LogP contribution in [-0.4, -0.2) is 20.5 Å². The van der Waals surface area contributed by atoms with Gasteiger partial charge in [0.2, 0.25) is 0 Å². The maximum absolute atomic E-state index is 11.2. The molecule has 1 aliphatic rings. The fraction of sp³-hybridized carbons (Fsp3) is 0.571. The van der Waals surface area contributed by atoms with Crippen LogP contribution in [0.1, 0.15) is 38.5 Å². The molecule has 1 fully saturated rings. The summed E-state index contributed by atoms with van der Waals surface area (Å²) in [6.45, 7) is 0. The molecule has 6 nitrogen and oxygen atoms in total. The molecule has 1 saturated carbocycles. The molecule has 0 saturated heterocycles. The molecule has 0 aliphatic heterocycles. The van der Waals surface area contributed by atoms with Gasteiger partial charge in [-0.15, -0.1) is 23.4 Å². The van der Waals surface area contributed by atoms with Gasteiger partial charge >= 0.3 is 0 Å². The summed E-state index contributed by atoms with van der Waals surface area (Å²) in [7, 11) is 0. The molecular weight excluding hydrogens is 328 g/mol. The monoisotopic (exact) mass is 344 g/mol. The smallest absolute Gasteiger partial charge is 0.258 e. The lowest BCUT2D eigenvalue weighted by Gasteiger charge is -2.24. The molecule has 1 aromatic rings. The van der Waals surface area contributed by atoms with Crippen LogP contribution in [-0.2, 0) is 0 Å². The Bertz CT molecular complexity index is 570. The molecule has 0 spiro atoms. The van der Waals surface area contributed by atoms with Gasteiger partial charge in [0.1, 0.15) is 0 Å². The van der Waals surface area contributed by atoms with Crippen LogP contribution in [0.2, 0.25) is 0 Å². The Balaban J connectivity index is 2.23. The molecule has 0 unspecified atom stereocenters. The zero-order chi connectivity index (χ0) is 16.1. The summed E-state index contributed by atoms with van der Waals surface area (Å²) >= 11 is 7.80. The van der Waals surface area contributed by atoms with E-state index in [9.17, 15) is 20.2 Å². The largest absolute Gasteiger partial charge is 0.289 e. The van der Waals surface area contributed by atoms with Crippen molar-refractivity contribution in [2.75, 3.05) is 0 Å². The van der Waals surface area contributed by atoms with E-state index in [2.05, 4.69) is 0 Å². The Morgan fingerprint density at radius 3 is 2.36 bits per heavy atom. The van der Waals surface area contributed by atoms with Crippen molar-refractivity contribution >= 4 is 34.7 Å². The van der Waals surface area contributed by atoms with E-state index in [1.54, 1.807) is 0 Å². The zero-order valence-corrected chi connectivity index (χ0v) is 13.5. The summed E-state index contributed by atoms with van der Waals surface area (Å²) in [5.74, 6) is 0. The molecule has 1 aromatic carbocycles. The maximum Gasteiger partial charge on any atom is 0.289 e. The molecule has 0 aromatic heterocycles. The normalized spacial score (nSPS) is 22.6. The van der Waals surface area contributed by atoms with Gasteiger partial charge in [-0.25, -0.2) is 0 Å². The number of thioether (sulfide) groups is 1. The van der Waals surface area contributed by atoms with Gasteiger partial charge in [0.25, 0.3) is 11.4 Å². The first kappa shape index (κ1) is 17.0. The third-order valence-electron chi connectivity index (χ3n) is 3.75. The summed E-state index contributed by atoms with van der Waals surface area (Å²) < 4.78 is 0. The molecule has 120 valence electrons. The van der Waals surface area contributed by atoms with E-state index in [0.29, 0.717) is 4.90 Å². The minimum absolute atomic E-state index is 0.0277. The van der Waals surface area contributed by atoms with Crippen molar-refractivity contribution in [1.82, 2.24) is 0 Å². The van der Waals surface area contributed by atoms with E-state index in [-0.39, 0.29) is 22.0 Å². The van der Waals surface area contributed by atoms with Crippen LogP contribution in [0.25, 0.3) is 0 Å². The summed E-state index contributed by atoms with van der Waals surface area (Å²) in [6.07, 6.45) is 6.28. The van der Waals surface area contributed by atoms with Gasteiger partial charge in [-0.3, -0.25) is 20.2 Å². The van der Waals surface area contributed by atoms with Crippen LogP contribution in [0.4, 0.5) is 11.4 Å². The minimum atomic E-state index is -0.623. The number of hydrogen-bond donors (Lipinski definition) is 0. The number of rotatable bonds is 4. The van der Waals surface area contributed by atoms with Crippen LogP contribution in [0.5, 0.6) is 0 Å². The summed E-state index contributed by atoms with van der Waals surface area (Å²) in [5.41, 5.74) is -0.485. The molecule has 0 bridgehead atoms. The number of alkyl halides is 1. The molecule has 0 N–H and O–H groups in total. The van der Waals surface area contributed by atoms with Gasteiger partial charge in [0, 0.05) is 16.7 Å². The lowest BCUT2D eigenvalue weighted by molar-refractivity contribution is -0.396. The number of non-ortho nitro benzene ring substituents is 1. The number of benzene rings is 1. The van der Waals surface area contributed by atoms with E-state index in [4.69, 9.17) is 11.6 Å². The van der Waals surface area contributed by atoms with Crippen molar-refractivity contribution in [2.24, 2.45) is 0 Å². The Kier molecular flexibility index (Phi) is 6.02. The molecule has 8 heteroatoms. The van der Waals surface area contributed by atoms with Crippen molar-refractivity contribution in [3.63, 3.8) is 0 Å². The van der Waals surface area contributed by atoms with Gasteiger partial charge in [-0.05, 0) is 18.9 Å². The second-order valence-corrected chi connectivity index (χ2v) is 7.17. The van der Waals surface area contributed by atoms with E-state index in [0.717, 1.165) is 38.2 Å². The van der Waals surface area contributed by atoms with Crippen LogP contribution >= 0.6 is 23.4 Å². The first-order chi connectivity index (χ1) is 10.5. The molecule has 0 amide bonds. The van der Waals surface area contributed by atoms with Crippen LogP contribution in [0, 0.1) is 20.2 Å². The van der Waals surface area contributed by atoms with Crippen LogP contribution in [0.3, 0.4) is 0 Å². The number of hydrogen-bond acceptors (Lipinski definition) is 5. The average Bonchev–Trinajstić information content (AvgIpc) is 2.46. The van der Waals surface area contributed by atoms with Crippen LogP contribution in [0.15, 0.2) is 23.1 Å². The predicted molar refractivity (Wildman–Crippen MR) is 86.7 cm³/mol. The lowest BCUT2D eigenvalue weighted by Crippen LogP contribution is -2.19. The SMILES string of the molecule is O=[N+]([O-])c1ccc(S[C@@H]2CCCCCC[C@@H]2Cl)c([N+](=O)[O-])c1. The number of halogens is 1. The van der Waals surface area contributed by atoms with Crippen molar-refractivity contribution < 1.29 is 9.85 Å². The highest BCUT2D eigenvalue weighted by Crippen LogP contribution is 2.40. The minimum Gasteiger partial charge on any atom is -0.258 e. The maximum atomic E-state index is 11.2. The standard InChI is InChI=1S/C14H17ClN2O4S/c15-11-5-3-1-2-4-6-13(11)22-14-8-7-10(16(18)19)9-12(14)17(20)21/h7-9,11,13H,1-6H2/t11-,13+/m0/s1. The van der Waals surface area contributed by atoms with E-state index in [1.807, 2.05) is 0 Å². The fourth-order valence-electron chi connectivity index (χ4n) is 2.56. The van der Waals surface area contributed by atoms with Crippen molar-refractivity contribution in [1.29, 1.82) is 0 Å². The van der Waals surface area contributed by atoms with Gasteiger partial charge in [0.15, 0.2) is 0 Å². The molecular formula is C14H17ClN2O4S. The Labute approximate surface area is 137 Å². The van der Waals surface area contributed by atoms with E-state index in [1.165, 1.54) is 30.3 Å². The third-order valence-corrected chi connectivity index (χ3v) is 5.89. The molecule has 0 radical (unpaired) electrons. The van der Waals surface area contributed by atoms with Crippen molar-refractivity contribution in [3.8, 4) is 0 Å². The highest BCUT2D eigenvalue weighted by molar-refractivity contribution is 8.00. The Hall–Kier alpha value is -1.34. The van der Waals surface area contributed by atoms with Crippen LogP contribution < -0.4 is 0 Å². The van der Waals surface area contributed by atoms with Gasteiger partial charge in [-0.2, -0.15) is 0 Å². The van der Waals surface area contributed by atoms with Gasteiger partial charge < -0.3 is 0 Å². The predicted octanol–water partition coefficient (Wildman–Crippen LogP) is 4.93. The Morgan fingerprint density at radius 1 is 1.05 bits per heavy atom. The fourth-order valence-corrected chi connectivity index (χ4v) is 4.29. The number of nitrogens with zero attached hydrogens (tertiary/aromatic N) is 2. The summed E-state index contributed by atoms with van der Waals surface area (Å²) in [4.78, 5) is 21.2. The van der Waals surface area contributed by atoms with E-state index >= 15 is 0 Å². The molecule has 1 aliphatic carbocycles. The number of nitro benzene ring substituents is 2. The summed E-state index contributed by atoms with van der Waals surface area (Å²) in [6, 6.07) is 3.79. The molecule has 22 heavy (non-hydrogen) atoms. The van der Waals surface area contributed by atoms with Gasteiger partial charge in [0.05, 0.1) is 20.8 Å². The highest BCUT2D eigenvalue weighted by atomic mass is 35.5. The second kappa shape index (κ2) is 7.78. The average molecular weight is 345 g/mol. The molecule has 2 atom stereocenters. The number of nitro groups is 2. The zero-order valence-electron chi connectivity index (χ0n) is 11.9. The van der Waals surface area contributed by atoms with E-state index < -0.39 is 9.85 Å². The second-order valence-electron chi connectivity index (χ2n) is 5.33. The molecule has 2 rings (SSSR count). The lowest BCUT2D eigenvalue weighted by atomic mass is 10.0. The first-order valence-corrected chi connectivity index (χ1v) is 8.54. The quantitative estimate of drug-likeness (QED) is 0.439. The summed E-state index contributed by atoms with van der Waals surface area (Å²) in [5, 5.41) is 22.0. The van der Waals surface area contributed by atoms with Crippen molar-refractivity contribution in [3.05, 3.63) is 38.4 Å². The topological polar surface area (TPSA) is 86.3 Å². The van der Waals surface area contributed by atoms with Gasteiger partial charge in [-0.1, -0.05) is 25.7 Å². The molecule has 0 heterocycles. The van der Waals surface area contributed by atoms with Crippen molar-refractivity contribution in [2.45, 2.75) is 54.0 Å². The third kappa shape index (κ3) is 4.33. The Morgan fingerprint density at radius 2 is 1.73 bits per heavy atom. The first-order valence-electron chi connectivity index (χ1n) is 7.22. The highest BCUT2D eigenvalue weighted by Gasteiger charge is 2.26.